The van der Waals surface area contributed by atoms with Crippen LogP contribution in [0.2, 0.25) is 0 Å². The summed E-state index contributed by atoms with van der Waals surface area (Å²) in [5.41, 5.74) is 2.56. The zero-order chi connectivity index (χ0) is 10.1. The SMILES string of the molecule is Cc1nc(-c2cscn2)oc1C(=O)O. The smallest absolute Gasteiger partial charge is 0.373 e. The lowest BCUT2D eigenvalue weighted by molar-refractivity contribution is 0.0662. The van der Waals surface area contributed by atoms with Crippen molar-refractivity contribution in [1.29, 1.82) is 0 Å². The molecule has 72 valence electrons. The number of rotatable bonds is 2. The summed E-state index contributed by atoms with van der Waals surface area (Å²) in [4.78, 5) is 18.6. The molecule has 0 amide bonds. The topological polar surface area (TPSA) is 76.2 Å². The van der Waals surface area contributed by atoms with Crippen LogP contribution in [-0.4, -0.2) is 21.0 Å². The van der Waals surface area contributed by atoms with Crippen LogP contribution in [0.3, 0.4) is 0 Å². The third-order valence-electron chi connectivity index (χ3n) is 1.64. The van der Waals surface area contributed by atoms with Crippen LogP contribution in [0.5, 0.6) is 0 Å². The molecule has 0 aromatic carbocycles. The Bertz CT molecular complexity index is 461. The van der Waals surface area contributed by atoms with E-state index in [9.17, 15) is 4.79 Å². The van der Waals surface area contributed by atoms with Crippen LogP contribution in [0, 0.1) is 6.92 Å². The number of hydrogen-bond donors (Lipinski definition) is 1. The second-order valence-electron chi connectivity index (χ2n) is 2.61. The van der Waals surface area contributed by atoms with Crippen molar-refractivity contribution in [3.63, 3.8) is 0 Å². The maximum absolute atomic E-state index is 10.7. The van der Waals surface area contributed by atoms with E-state index >= 15 is 0 Å². The normalized spacial score (nSPS) is 10.4. The van der Waals surface area contributed by atoms with Gasteiger partial charge in [0.1, 0.15) is 5.69 Å². The van der Waals surface area contributed by atoms with Gasteiger partial charge in [-0.2, -0.15) is 0 Å². The number of aromatic carboxylic acids is 1. The van der Waals surface area contributed by atoms with Crippen LogP contribution in [0.25, 0.3) is 11.6 Å². The molecule has 0 bridgehead atoms. The van der Waals surface area contributed by atoms with E-state index in [1.54, 1.807) is 17.8 Å². The fourth-order valence-electron chi connectivity index (χ4n) is 1.02. The summed E-state index contributed by atoms with van der Waals surface area (Å²) in [5.74, 6) is -0.995. The van der Waals surface area contributed by atoms with Crippen molar-refractivity contribution < 1.29 is 14.3 Å². The second kappa shape index (κ2) is 3.22. The Kier molecular flexibility index (Phi) is 2.05. The highest BCUT2D eigenvalue weighted by Gasteiger charge is 2.17. The predicted molar refractivity (Wildman–Crippen MR) is 49.3 cm³/mol. The summed E-state index contributed by atoms with van der Waals surface area (Å²) in [5, 5.41) is 10.5. The number of thiazole rings is 1. The third-order valence-corrected chi connectivity index (χ3v) is 2.23. The molecule has 2 heterocycles. The number of hydrogen-bond acceptors (Lipinski definition) is 5. The van der Waals surface area contributed by atoms with E-state index in [-0.39, 0.29) is 11.7 Å². The lowest BCUT2D eigenvalue weighted by Gasteiger charge is -1.85. The Balaban J connectivity index is 2.48. The van der Waals surface area contributed by atoms with E-state index in [0.29, 0.717) is 11.4 Å². The largest absolute Gasteiger partial charge is 0.475 e. The van der Waals surface area contributed by atoms with Gasteiger partial charge in [-0.3, -0.25) is 0 Å². The van der Waals surface area contributed by atoms with Gasteiger partial charge in [-0.15, -0.1) is 11.3 Å². The number of aromatic nitrogens is 2. The predicted octanol–water partition coefficient (Wildman–Crippen LogP) is 1.80. The van der Waals surface area contributed by atoms with Gasteiger partial charge in [-0.25, -0.2) is 14.8 Å². The van der Waals surface area contributed by atoms with Crippen molar-refractivity contribution in [3.05, 3.63) is 22.3 Å². The Hall–Kier alpha value is -1.69. The number of aryl methyl sites for hydroxylation is 1. The van der Waals surface area contributed by atoms with Crippen LogP contribution >= 0.6 is 11.3 Å². The van der Waals surface area contributed by atoms with Crippen molar-refractivity contribution in [2.24, 2.45) is 0 Å². The fourth-order valence-corrected chi connectivity index (χ4v) is 1.55. The number of carboxylic acids is 1. The Morgan fingerprint density at radius 2 is 2.43 bits per heavy atom. The Labute approximate surface area is 83.0 Å². The summed E-state index contributed by atoms with van der Waals surface area (Å²) in [7, 11) is 0. The molecule has 2 aromatic rings. The van der Waals surface area contributed by atoms with Crippen molar-refractivity contribution in [2.75, 3.05) is 0 Å². The minimum absolute atomic E-state index is 0.131. The molecule has 0 saturated heterocycles. The molecule has 0 aliphatic heterocycles. The molecule has 1 N–H and O–H groups in total. The molecule has 0 saturated carbocycles. The molecule has 6 heteroatoms. The first-order valence-electron chi connectivity index (χ1n) is 3.78. The van der Waals surface area contributed by atoms with Gasteiger partial charge in [0, 0.05) is 5.38 Å². The molecule has 0 aliphatic rings. The Morgan fingerprint density at radius 1 is 1.64 bits per heavy atom. The molecule has 0 spiro atoms. The van der Waals surface area contributed by atoms with Gasteiger partial charge in [0.2, 0.25) is 11.7 Å². The summed E-state index contributed by atoms with van der Waals surface area (Å²) < 4.78 is 5.05. The minimum Gasteiger partial charge on any atom is -0.475 e. The quantitative estimate of drug-likeness (QED) is 0.817. The standard InChI is InChI=1S/C8H6N2O3S/c1-4-6(8(11)12)13-7(10-4)5-2-14-3-9-5/h2-3H,1H3,(H,11,12). The molecular weight excluding hydrogens is 204 g/mol. The summed E-state index contributed by atoms with van der Waals surface area (Å²) in [6.45, 7) is 1.59. The van der Waals surface area contributed by atoms with Crippen LogP contribution in [0.4, 0.5) is 0 Å². The van der Waals surface area contributed by atoms with Gasteiger partial charge in [-0.05, 0) is 6.92 Å². The van der Waals surface area contributed by atoms with Gasteiger partial charge in [-0.1, -0.05) is 0 Å². The molecule has 0 aliphatic carbocycles. The van der Waals surface area contributed by atoms with E-state index in [1.807, 2.05) is 0 Å². The van der Waals surface area contributed by atoms with Crippen molar-refractivity contribution in [3.8, 4) is 11.6 Å². The maximum atomic E-state index is 10.7. The number of oxazole rings is 1. The molecule has 2 aromatic heterocycles. The van der Waals surface area contributed by atoms with Gasteiger partial charge in [0.15, 0.2) is 0 Å². The lowest BCUT2D eigenvalue weighted by Crippen LogP contribution is -1.95. The van der Waals surface area contributed by atoms with Crippen molar-refractivity contribution in [2.45, 2.75) is 6.92 Å². The number of carbonyl (C=O) groups is 1. The highest BCUT2D eigenvalue weighted by molar-refractivity contribution is 7.07. The molecule has 0 unspecified atom stereocenters. The van der Waals surface area contributed by atoms with Crippen LogP contribution in [0.1, 0.15) is 16.2 Å². The monoisotopic (exact) mass is 210 g/mol. The maximum Gasteiger partial charge on any atom is 0.373 e. The average molecular weight is 210 g/mol. The number of carboxylic acid groups (broad SMARTS) is 1. The summed E-state index contributed by atoms with van der Waals surface area (Å²) >= 11 is 1.40. The fraction of sp³-hybridized carbons (Fsp3) is 0.125. The highest BCUT2D eigenvalue weighted by Crippen LogP contribution is 2.21. The van der Waals surface area contributed by atoms with Gasteiger partial charge in [0.05, 0.1) is 11.2 Å². The third kappa shape index (κ3) is 1.39. The second-order valence-corrected chi connectivity index (χ2v) is 3.33. The lowest BCUT2D eigenvalue weighted by atomic mass is 10.4. The average Bonchev–Trinajstić information content (AvgIpc) is 2.70. The van der Waals surface area contributed by atoms with Gasteiger partial charge >= 0.3 is 5.97 Å². The minimum atomic E-state index is -1.11. The Morgan fingerprint density at radius 3 is 2.93 bits per heavy atom. The molecular formula is C8H6N2O3S. The molecule has 0 fully saturated rings. The molecule has 14 heavy (non-hydrogen) atoms. The zero-order valence-electron chi connectivity index (χ0n) is 7.22. The van der Waals surface area contributed by atoms with Gasteiger partial charge in [0.25, 0.3) is 0 Å². The van der Waals surface area contributed by atoms with E-state index in [1.165, 1.54) is 11.3 Å². The molecule has 0 radical (unpaired) electrons. The van der Waals surface area contributed by atoms with Crippen molar-refractivity contribution >= 4 is 17.3 Å². The van der Waals surface area contributed by atoms with E-state index in [0.717, 1.165) is 0 Å². The van der Waals surface area contributed by atoms with Crippen molar-refractivity contribution in [1.82, 2.24) is 9.97 Å². The first-order valence-corrected chi connectivity index (χ1v) is 4.72. The van der Waals surface area contributed by atoms with Gasteiger partial charge < -0.3 is 9.52 Å². The number of nitrogens with zero attached hydrogens (tertiary/aromatic N) is 2. The van der Waals surface area contributed by atoms with Crippen LogP contribution < -0.4 is 0 Å². The first kappa shape index (κ1) is 8.89. The van der Waals surface area contributed by atoms with E-state index in [4.69, 9.17) is 9.52 Å². The van der Waals surface area contributed by atoms with E-state index < -0.39 is 5.97 Å². The van der Waals surface area contributed by atoms with Crippen LogP contribution in [-0.2, 0) is 0 Å². The molecule has 0 atom stereocenters. The summed E-state index contributed by atoms with van der Waals surface area (Å²) in [6, 6.07) is 0. The van der Waals surface area contributed by atoms with E-state index in [2.05, 4.69) is 9.97 Å². The molecule has 2 rings (SSSR count). The van der Waals surface area contributed by atoms with Crippen LogP contribution in [0.15, 0.2) is 15.3 Å². The highest BCUT2D eigenvalue weighted by atomic mass is 32.1. The first-order chi connectivity index (χ1) is 6.68. The zero-order valence-corrected chi connectivity index (χ0v) is 8.04. The summed E-state index contributed by atoms with van der Waals surface area (Å²) in [6.07, 6.45) is 0. The molecule has 5 nitrogen and oxygen atoms in total.